The molecule has 0 radical (unpaired) electrons. The molecule has 2 aromatic rings. The van der Waals surface area contributed by atoms with Crippen LogP contribution in [0.4, 0.5) is 0 Å². The molecule has 2 fully saturated rings. The van der Waals surface area contributed by atoms with Crippen LogP contribution in [-0.2, 0) is 14.8 Å². The van der Waals surface area contributed by atoms with E-state index >= 15 is 0 Å². The molecule has 146 valence electrons. The van der Waals surface area contributed by atoms with Gasteiger partial charge in [-0.05, 0) is 49.3 Å². The van der Waals surface area contributed by atoms with Crippen molar-refractivity contribution < 1.29 is 17.6 Å². The highest BCUT2D eigenvalue weighted by Crippen LogP contribution is 2.46. The second kappa shape index (κ2) is 7.12. The Morgan fingerprint density at radius 3 is 3.00 bits per heavy atom. The third kappa shape index (κ3) is 3.29. The van der Waals surface area contributed by atoms with Crippen LogP contribution in [0, 0.1) is 17.8 Å². The molecule has 9 heteroatoms. The Balaban J connectivity index is 1.47. The highest BCUT2D eigenvalue weighted by molar-refractivity contribution is 7.89. The van der Waals surface area contributed by atoms with E-state index in [1.165, 1.54) is 10.4 Å². The Labute approximate surface area is 158 Å². The van der Waals surface area contributed by atoms with E-state index in [0.717, 1.165) is 19.3 Å². The molecule has 2 aromatic heterocycles. The summed E-state index contributed by atoms with van der Waals surface area (Å²) in [6.07, 6.45) is 4.12. The first-order chi connectivity index (χ1) is 13.0. The number of rotatable bonds is 6. The molecule has 1 amide bonds. The number of carbonyl (C=O) groups excluding carboxylic acids is 1. The van der Waals surface area contributed by atoms with Crippen molar-refractivity contribution in [1.29, 1.82) is 0 Å². The summed E-state index contributed by atoms with van der Waals surface area (Å²) in [6.45, 7) is 3.52. The van der Waals surface area contributed by atoms with Gasteiger partial charge in [0.05, 0.1) is 0 Å². The van der Waals surface area contributed by atoms with E-state index in [-0.39, 0.29) is 22.8 Å². The molecular formula is C18H24N4O4S. The molecule has 0 unspecified atom stereocenters. The average Bonchev–Trinajstić information content (AvgIpc) is 3.32. The van der Waals surface area contributed by atoms with Gasteiger partial charge in [-0.1, -0.05) is 6.92 Å². The minimum absolute atomic E-state index is 0.0527. The van der Waals surface area contributed by atoms with E-state index in [4.69, 9.17) is 4.42 Å². The molecule has 27 heavy (non-hydrogen) atoms. The van der Waals surface area contributed by atoms with Gasteiger partial charge in [0.2, 0.25) is 11.0 Å². The molecule has 0 bridgehead atoms. The number of nitrogens with one attached hydrogen (secondary N) is 2. The first-order valence-corrected chi connectivity index (χ1v) is 10.8. The fraction of sp³-hybridized carbons (Fsp3) is 0.556. The Kier molecular flexibility index (Phi) is 4.81. The van der Waals surface area contributed by atoms with Crippen molar-refractivity contribution in [1.82, 2.24) is 19.8 Å². The standard InChI is InChI=1S/C18H24N4O4S/c1-2-7-19-18(23)13-10-12-6-9-22(11-14(12)13)27(24,25)17-4-3-16(26-17)15-5-8-20-21-15/h3-5,8,12-14H,2,6-7,9-11H2,1H3,(H,19,23)(H,20,21)/t12-,13-,14-/m1/s1. The highest BCUT2D eigenvalue weighted by Gasteiger charge is 2.49. The van der Waals surface area contributed by atoms with Crippen LogP contribution < -0.4 is 5.32 Å². The summed E-state index contributed by atoms with van der Waals surface area (Å²) in [7, 11) is -3.72. The summed E-state index contributed by atoms with van der Waals surface area (Å²) in [5.74, 6) is 0.924. The zero-order valence-corrected chi connectivity index (χ0v) is 16.0. The predicted molar refractivity (Wildman–Crippen MR) is 98.1 cm³/mol. The Hall–Kier alpha value is -2.13. The quantitative estimate of drug-likeness (QED) is 0.780. The van der Waals surface area contributed by atoms with Gasteiger partial charge in [-0.25, -0.2) is 8.42 Å². The molecular weight excluding hydrogens is 368 g/mol. The lowest BCUT2D eigenvalue weighted by molar-refractivity contribution is -0.135. The van der Waals surface area contributed by atoms with E-state index < -0.39 is 10.0 Å². The summed E-state index contributed by atoms with van der Waals surface area (Å²) < 4.78 is 33.0. The summed E-state index contributed by atoms with van der Waals surface area (Å²) >= 11 is 0. The molecule has 1 saturated heterocycles. The molecule has 1 saturated carbocycles. The van der Waals surface area contributed by atoms with Crippen LogP contribution in [-0.4, -0.2) is 48.5 Å². The van der Waals surface area contributed by atoms with Gasteiger partial charge in [0, 0.05) is 31.7 Å². The van der Waals surface area contributed by atoms with Crippen LogP contribution in [0.1, 0.15) is 26.2 Å². The summed E-state index contributed by atoms with van der Waals surface area (Å²) in [4.78, 5) is 12.3. The number of aromatic amines is 1. The van der Waals surface area contributed by atoms with Gasteiger partial charge >= 0.3 is 0 Å². The monoisotopic (exact) mass is 392 g/mol. The molecule has 2 aliphatic rings. The first kappa shape index (κ1) is 18.2. The van der Waals surface area contributed by atoms with Gasteiger partial charge in [0.15, 0.2) is 5.76 Å². The molecule has 1 aliphatic heterocycles. The van der Waals surface area contributed by atoms with Gasteiger partial charge in [0.25, 0.3) is 10.0 Å². The van der Waals surface area contributed by atoms with Crippen LogP contribution in [0.2, 0.25) is 0 Å². The largest absolute Gasteiger partial charge is 0.442 e. The summed E-state index contributed by atoms with van der Waals surface area (Å²) in [5, 5.41) is 9.47. The molecule has 2 N–H and O–H groups in total. The predicted octanol–water partition coefficient (Wildman–Crippen LogP) is 1.84. The summed E-state index contributed by atoms with van der Waals surface area (Å²) in [6, 6.07) is 4.82. The van der Waals surface area contributed by atoms with Crippen LogP contribution in [0.25, 0.3) is 11.5 Å². The van der Waals surface area contributed by atoms with Crippen LogP contribution >= 0.6 is 0 Å². The normalized spacial score (nSPS) is 25.6. The van der Waals surface area contributed by atoms with E-state index in [1.54, 1.807) is 18.3 Å². The van der Waals surface area contributed by atoms with Crippen LogP contribution in [0.15, 0.2) is 33.9 Å². The van der Waals surface area contributed by atoms with E-state index in [1.807, 2.05) is 6.92 Å². The molecule has 8 nitrogen and oxygen atoms in total. The number of furan rings is 1. The first-order valence-electron chi connectivity index (χ1n) is 9.38. The smallest absolute Gasteiger partial charge is 0.276 e. The number of piperidine rings is 1. The second-order valence-corrected chi connectivity index (χ2v) is 9.17. The number of aromatic nitrogens is 2. The topological polar surface area (TPSA) is 108 Å². The maximum Gasteiger partial charge on any atom is 0.276 e. The lowest BCUT2D eigenvalue weighted by atomic mass is 9.61. The number of nitrogens with zero attached hydrogens (tertiary/aromatic N) is 2. The molecule has 3 heterocycles. The van der Waals surface area contributed by atoms with Gasteiger partial charge in [-0.3, -0.25) is 9.89 Å². The van der Waals surface area contributed by atoms with Crippen LogP contribution in [0.5, 0.6) is 0 Å². The van der Waals surface area contributed by atoms with Gasteiger partial charge in [0.1, 0.15) is 5.69 Å². The fourth-order valence-electron chi connectivity index (χ4n) is 4.08. The number of sulfonamides is 1. The van der Waals surface area contributed by atoms with Crippen molar-refractivity contribution in [2.45, 2.75) is 31.3 Å². The number of amides is 1. The molecule has 0 aromatic carbocycles. The van der Waals surface area contributed by atoms with Crippen molar-refractivity contribution in [2.75, 3.05) is 19.6 Å². The third-order valence-electron chi connectivity index (χ3n) is 5.67. The van der Waals surface area contributed by atoms with Gasteiger partial charge < -0.3 is 9.73 Å². The molecule has 1 aliphatic carbocycles. The zero-order chi connectivity index (χ0) is 19.0. The van der Waals surface area contributed by atoms with Gasteiger partial charge in [-0.15, -0.1) is 0 Å². The summed E-state index contributed by atoms with van der Waals surface area (Å²) in [5.41, 5.74) is 0.627. The third-order valence-corrected chi connectivity index (χ3v) is 7.41. The number of H-pyrrole nitrogens is 1. The number of carbonyl (C=O) groups is 1. The van der Waals surface area contributed by atoms with E-state index in [0.29, 0.717) is 37.0 Å². The second-order valence-electron chi connectivity index (χ2n) is 7.30. The highest BCUT2D eigenvalue weighted by atomic mass is 32.2. The Morgan fingerprint density at radius 2 is 2.26 bits per heavy atom. The lowest BCUT2D eigenvalue weighted by Crippen LogP contribution is -2.56. The number of fused-ring (bicyclic) bond motifs is 1. The maximum atomic E-state index is 13.0. The van der Waals surface area contributed by atoms with Crippen molar-refractivity contribution in [3.05, 3.63) is 24.4 Å². The Bertz CT molecular complexity index is 906. The van der Waals surface area contributed by atoms with Crippen LogP contribution in [0.3, 0.4) is 0 Å². The van der Waals surface area contributed by atoms with E-state index in [2.05, 4.69) is 15.5 Å². The molecule has 0 spiro atoms. The van der Waals surface area contributed by atoms with Crippen molar-refractivity contribution in [2.24, 2.45) is 17.8 Å². The average molecular weight is 392 g/mol. The fourth-order valence-corrected chi connectivity index (χ4v) is 5.48. The number of hydrogen-bond donors (Lipinski definition) is 2. The van der Waals surface area contributed by atoms with Crippen molar-refractivity contribution in [3.63, 3.8) is 0 Å². The minimum atomic E-state index is -3.72. The lowest BCUT2D eigenvalue weighted by Gasteiger charge is -2.49. The zero-order valence-electron chi connectivity index (χ0n) is 15.2. The maximum absolute atomic E-state index is 13.0. The SMILES string of the molecule is CCCNC(=O)[C@@H]1C[C@H]2CCN(S(=O)(=O)c3ccc(-c4ccn[nH]4)o3)C[C@H]21. The van der Waals surface area contributed by atoms with Gasteiger partial charge in [-0.2, -0.15) is 9.40 Å². The van der Waals surface area contributed by atoms with Crippen molar-refractivity contribution in [3.8, 4) is 11.5 Å². The minimum Gasteiger partial charge on any atom is -0.442 e. The Morgan fingerprint density at radius 1 is 1.41 bits per heavy atom. The molecule has 4 rings (SSSR count). The number of hydrogen-bond acceptors (Lipinski definition) is 5. The van der Waals surface area contributed by atoms with Crippen molar-refractivity contribution >= 4 is 15.9 Å². The molecule has 3 atom stereocenters. The van der Waals surface area contributed by atoms with E-state index in [9.17, 15) is 13.2 Å².